The Morgan fingerprint density at radius 2 is 2.17 bits per heavy atom. The van der Waals surface area contributed by atoms with Crippen molar-refractivity contribution in [1.82, 2.24) is 4.72 Å². The predicted molar refractivity (Wildman–Crippen MR) is 47.3 cm³/mol. The molecule has 0 atom stereocenters. The maximum atomic E-state index is 10.3. The van der Waals surface area contributed by atoms with Crippen LogP contribution in [0.3, 0.4) is 0 Å². The summed E-state index contributed by atoms with van der Waals surface area (Å²) < 4.78 is 31.1. The molecule has 0 radical (unpaired) electrons. The largest absolute Gasteiger partial charge is 0.300 e. The van der Waals surface area contributed by atoms with Crippen molar-refractivity contribution in [2.24, 2.45) is 0 Å². The molecule has 0 rings (SSSR count). The lowest BCUT2D eigenvalue weighted by atomic mass is 10.6. The molecule has 0 saturated carbocycles. The van der Waals surface area contributed by atoms with Gasteiger partial charge in [0.1, 0.15) is 0 Å². The Kier molecular flexibility index (Phi) is 5.27. The van der Waals surface area contributed by atoms with Crippen LogP contribution in [0.1, 0.15) is 13.3 Å². The van der Waals surface area contributed by atoms with Gasteiger partial charge < -0.3 is 4.72 Å². The van der Waals surface area contributed by atoms with E-state index in [4.69, 9.17) is 4.55 Å². The third-order valence-electron chi connectivity index (χ3n) is 0.865. The molecule has 0 aliphatic carbocycles. The van der Waals surface area contributed by atoms with Gasteiger partial charge in [-0.05, 0) is 6.42 Å². The van der Waals surface area contributed by atoms with Crippen LogP contribution >= 0.6 is 11.9 Å². The first-order valence-corrected chi connectivity index (χ1v) is 5.85. The van der Waals surface area contributed by atoms with Crippen LogP contribution in [0.15, 0.2) is 0 Å². The van der Waals surface area contributed by atoms with Gasteiger partial charge in [0.2, 0.25) is 5.91 Å². The van der Waals surface area contributed by atoms with Crippen LogP contribution in [0.4, 0.5) is 0 Å². The monoisotopic (exact) mass is 213 g/mol. The Morgan fingerprint density at radius 3 is 2.58 bits per heavy atom. The molecule has 0 aliphatic heterocycles. The standard InChI is InChI=1S/C5H11NO4S2/c1-5(7)6-11-3-2-4-12(8,9)10/h2-4H2,1H3,(H,6,7)(H,8,9,10). The normalized spacial score (nSPS) is 11.2. The van der Waals surface area contributed by atoms with Gasteiger partial charge in [-0.3, -0.25) is 9.35 Å². The SMILES string of the molecule is CC(=O)NSCCCS(=O)(=O)O. The first kappa shape index (κ1) is 11.7. The minimum atomic E-state index is -3.85. The fraction of sp³-hybridized carbons (Fsp3) is 0.800. The molecule has 0 heterocycles. The van der Waals surface area contributed by atoms with E-state index in [1.165, 1.54) is 6.92 Å². The average Bonchev–Trinajstić information content (AvgIpc) is 1.83. The molecule has 0 bridgehead atoms. The van der Waals surface area contributed by atoms with Crippen LogP contribution in [-0.2, 0) is 14.9 Å². The summed E-state index contributed by atoms with van der Waals surface area (Å²) in [6, 6.07) is 0. The van der Waals surface area contributed by atoms with E-state index in [1.807, 2.05) is 0 Å². The lowest BCUT2D eigenvalue weighted by Gasteiger charge is -1.99. The zero-order valence-corrected chi connectivity index (χ0v) is 8.24. The highest BCUT2D eigenvalue weighted by molar-refractivity contribution is 7.97. The van der Waals surface area contributed by atoms with Crippen LogP contribution in [0.2, 0.25) is 0 Å². The lowest BCUT2D eigenvalue weighted by molar-refractivity contribution is -0.117. The molecule has 5 nitrogen and oxygen atoms in total. The van der Waals surface area contributed by atoms with Crippen molar-refractivity contribution in [2.45, 2.75) is 13.3 Å². The molecule has 2 N–H and O–H groups in total. The fourth-order valence-electron chi connectivity index (χ4n) is 0.466. The maximum absolute atomic E-state index is 10.3. The summed E-state index contributed by atoms with van der Waals surface area (Å²) in [6.07, 6.45) is 0.323. The highest BCUT2D eigenvalue weighted by atomic mass is 32.2. The summed E-state index contributed by atoms with van der Waals surface area (Å²) in [6.45, 7) is 1.37. The zero-order chi connectivity index (χ0) is 9.61. The third kappa shape index (κ3) is 9.73. The van der Waals surface area contributed by atoms with E-state index in [9.17, 15) is 13.2 Å². The number of rotatable bonds is 5. The first-order valence-electron chi connectivity index (χ1n) is 3.25. The van der Waals surface area contributed by atoms with Gasteiger partial charge in [0.25, 0.3) is 10.1 Å². The number of carbonyl (C=O) groups is 1. The molecule has 0 spiro atoms. The van der Waals surface area contributed by atoms with Crippen LogP contribution in [0, 0.1) is 0 Å². The molecule has 0 aromatic carbocycles. The molecule has 7 heteroatoms. The van der Waals surface area contributed by atoms with Crippen molar-refractivity contribution >= 4 is 28.0 Å². The Hall–Kier alpha value is -0.270. The Morgan fingerprint density at radius 1 is 1.58 bits per heavy atom. The number of hydrogen-bond donors (Lipinski definition) is 2. The number of amides is 1. The highest BCUT2D eigenvalue weighted by Gasteiger charge is 2.03. The van der Waals surface area contributed by atoms with Crippen LogP contribution in [0.5, 0.6) is 0 Å². The second-order valence-corrected chi connectivity index (χ2v) is 4.62. The predicted octanol–water partition coefficient (Wildman–Crippen LogP) is 0.0486. The van der Waals surface area contributed by atoms with Crippen molar-refractivity contribution in [3.63, 3.8) is 0 Å². The Bertz CT molecular complexity index is 236. The van der Waals surface area contributed by atoms with E-state index in [0.717, 1.165) is 11.9 Å². The van der Waals surface area contributed by atoms with E-state index in [2.05, 4.69) is 4.72 Å². The van der Waals surface area contributed by atoms with Crippen molar-refractivity contribution in [3.05, 3.63) is 0 Å². The summed E-state index contributed by atoms with van der Waals surface area (Å²) in [5.74, 6) is 0.0331. The number of carbonyl (C=O) groups excluding carboxylic acids is 1. The molecule has 0 unspecified atom stereocenters. The van der Waals surface area contributed by atoms with Crippen molar-refractivity contribution in [1.29, 1.82) is 0 Å². The van der Waals surface area contributed by atoms with Crippen molar-refractivity contribution in [2.75, 3.05) is 11.5 Å². The van der Waals surface area contributed by atoms with Crippen LogP contribution in [0.25, 0.3) is 0 Å². The summed E-state index contributed by atoms with van der Waals surface area (Å²) in [5, 5.41) is 0. The minimum Gasteiger partial charge on any atom is -0.300 e. The van der Waals surface area contributed by atoms with Crippen molar-refractivity contribution in [3.8, 4) is 0 Å². The topological polar surface area (TPSA) is 83.5 Å². The van der Waals surface area contributed by atoms with Gasteiger partial charge in [-0.1, -0.05) is 11.9 Å². The van der Waals surface area contributed by atoms with Gasteiger partial charge in [-0.15, -0.1) is 0 Å². The van der Waals surface area contributed by atoms with Crippen LogP contribution in [-0.4, -0.2) is 30.4 Å². The molecular formula is C5H11NO4S2. The molecule has 0 saturated heterocycles. The van der Waals surface area contributed by atoms with Crippen molar-refractivity contribution < 1.29 is 17.8 Å². The molecule has 0 fully saturated rings. The Labute approximate surface area is 75.8 Å². The summed E-state index contributed by atoms with van der Waals surface area (Å²) in [5.41, 5.74) is 0. The van der Waals surface area contributed by atoms with Gasteiger partial charge in [0, 0.05) is 12.7 Å². The fourth-order valence-corrected chi connectivity index (χ4v) is 1.75. The van der Waals surface area contributed by atoms with Crippen LogP contribution < -0.4 is 4.72 Å². The molecule has 72 valence electrons. The number of hydrogen-bond acceptors (Lipinski definition) is 4. The van der Waals surface area contributed by atoms with Gasteiger partial charge in [-0.25, -0.2) is 0 Å². The van der Waals surface area contributed by atoms with E-state index in [0.29, 0.717) is 12.2 Å². The summed E-state index contributed by atoms with van der Waals surface area (Å²) in [7, 11) is -3.85. The molecule has 1 amide bonds. The Balaban J connectivity index is 3.29. The number of nitrogens with one attached hydrogen (secondary N) is 1. The molecular weight excluding hydrogens is 202 g/mol. The quantitative estimate of drug-likeness (QED) is 0.383. The van der Waals surface area contributed by atoms with E-state index in [1.54, 1.807) is 0 Å². The summed E-state index contributed by atoms with van der Waals surface area (Å²) >= 11 is 1.13. The molecule has 0 aromatic heterocycles. The first-order chi connectivity index (χ1) is 5.42. The summed E-state index contributed by atoms with van der Waals surface area (Å²) in [4.78, 5) is 10.3. The lowest BCUT2D eigenvalue weighted by Crippen LogP contribution is -2.12. The third-order valence-corrected chi connectivity index (χ3v) is 2.59. The second kappa shape index (κ2) is 5.39. The highest BCUT2D eigenvalue weighted by Crippen LogP contribution is 1.98. The van der Waals surface area contributed by atoms with Gasteiger partial charge >= 0.3 is 0 Å². The second-order valence-electron chi connectivity index (χ2n) is 2.15. The van der Waals surface area contributed by atoms with Gasteiger partial charge in [-0.2, -0.15) is 8.42 Å². The van der Waals surface area contributed by atoms with Gasteiger partial charge in [0.05, 0.1) is 5.75 Å². The van der Waals surface area contributed by atoms with E-state index >= 15 is 0 Å². The maximum Gasteiger partial charge on any atom is 0.264 e. The molecule has 0 aromatic rings. The smallest absolute Gasteiger partial charge is 0.264 e. The zero-order valence-electron chi connectivity index (χ0n) is 6.61. The van der Waals surface area contributed by atoms with E-state index in [-0.39, 0.29) is 11.7 Å². The average molecular weight is 213 g/mol. The molecule has 12 heavy (non-hydrogen) atoms. The molecule has 0 aliphatic rings. The minimum absolute atomic E-state index is 0.174. The van der Waals surface area contributed by atoms with Gasteiger partial charge in [0.15, 0.2) is 0 Å². The van der Waals surface area contributed by atoms with E-state index < -0.39 is 10.1 Å².